The normalized spacial score (nSPS) is 9.71. The van der Waals surface area contributed by atoms with Gasteiger partial charge in [-0.05, 0) is 29.5 Å². The van der Waals surface area contributed by atoms with Gasteiger partial charge in [0.2, 0.25) is 0 Å². The first-order valence-electron chi connectivity index (χ1n) is 5.24. The molecule has 0 spiro atoms. The Morgan fingerprint density at radius 2 is 1.94 bits per heavy atom. The van der Waals surface area contributed by atoms with Crippen molar-refractivity contribution in [2.45, 2.75) is 6.92 Å². The highest BCUT2D eigenvalue weighted by Gasteiger charge is 2.02. The van der Waals surface area contributed by atoms with Crippen LogP contribution in [0.3, 0.4) is 0 Å². The maximum absolute atomic E-state index is 11.1. The topological polar surface area (TPSA) is 35.5 Å². The van der Waals surface area contributed by atoms with Crippen LogP contribution in [0.5, 0.6) is 5.75 Å². The SMILES string of the molecule is C=C(C)C(=O)OCCOc1ccc(=C)c(=C)c1. The van der Waals surface area contributed by atoms with E-state index in [0.29, 0.717) is 17.9 Å². The Bertz CT molecular complexity index is 517. The van der Waals surface area contributed by atoms with Crippen molar-refractivity contribution in [2.75, 3.05) is 13.2 Å². The summed E-state index contributed by atoms with van der Waals surface area (Å²) < 4.78 is 10.3. The second-order valence-corrected chi connectivity index (χ2v) is 3.70. The number of hydrogen-bond donors (Lipinski definition) is 0. The summed E-state index contributed by atoms with van der Waals surface area (Å²) in [5.74, 6) is 0.285. The highest BCUT2D eigenvalue weighted by atomic mass is 16.6. The molecule has 0 bridgehead atoms. The summed E-state index contributed by atoms with van der Waals surface area (Å²) in [6.45, 7) is 13.2. The molecule has 0 aromatic heterocycles. The number of hydrogen-bond acceptors (Lipinski definition) is 3. The van der Waals surface area contributed by atoms with E-state index in [4.69, 9.17) is 9.47 Å². The molecule has 0 unspecified atom stereocenters. The molecule has 17 heavy (non-hydrogen) atoms. The van der Waals surface area contributed by atoms with Crippen molar-refractivity contribution in [3.63, 3.8) is 0 Å². The summed E-state index contributed by atoms with van der Waals surface area (Å²) in [6.07, 6.45) is 0. The van der Waals surface area contributed by atoms with Crippen molar-refractivity contribution < 1.29 is 14.3 Å². The van der Waals surface area contributed by atoms with Crippen molar-refractivity contribution in [2.24, 2.45) is 0 Å². The lowest BCUT2D eigenvalue weighted by atomic mass is 10.2. The fraction of sp³-hybridized carbons (Fsp3) is 0.214. The van der Waals surface area contributed by atoms with Crippen molar-refractivity contribution in [3.05, 3.63) is 40.8 Å². The summed E-state index contributed by atoms with van der Waals surface area (Å²) in [5.41, 5.74) is 0.381. The van der Waals surface area contributed by atoms with Gasteiger partial charge in [0.15, 0.2) is 0 Å². The number of benzene rings is 1. The van der Waals surface area contributed by atoms with Crippen LogP contribution in [0.2, 0.25) is 0 Å². The molecule has 0 saturated heterocycles. The molecule has 0 amide bonds. The molecule has 0 aliphatic heterocycles. The molecule has 1 aromatic rings. The quantitative estimate of drug-likeness (QED) is 0.432. The molecular weight excluding hydrogens is 216 g/mol. The average Bonchev–Trinajstić information content (AvgIpc) is 2.28. The minimum Gasteiger partial charge on any atom is -0.490 e. The van der Waals surface area contributed by atoms with E-state index >= 15 is 0 Å². The van der Waals surface area contributed by atoms with E-state index in [9.17, 15) is 4.79 Å². The van der Waals surface area contributed by atoms with Crippen molar-refractivity contribution in [1.82, 2.24) is 0 Å². The van der Waals surface area contributed by atoms with Gasteiger partial charge in [0.05, 0.1) is 0 Å². The Morgan fingerprint density at radius 1 is 1.24 bits per heavy atom. The third-order valence-corrected chi connectivity index (χ3v) is 2.11. The molecule has 3 heteroatoms. The Labute approximate surface area is 101 Å². The molecule has 1 aromatic carbocycles. The van der Waals surface area contributed by atoms with Gasteiger partial charge < -0.3 is 9.47 Å². The third kappa shape index (κ3) is 4.15. The van der Waals surface area contributed by atoms with E-state index in [1.165, 1.54) is 0 Å². The van der Waals surface area contributed by atoms with Gasteiger partial charge in [-0.25, -0.2) is 4.79 Å². The molecule has 90 valence electrons. The molecule has 0 aliphatic rings. The molecule has 0 heterocycles. The first-order chi connectivity index (χ1) is 8.00. The lowest BCUT2D eigenvalue weighted by Crippen LogP contribution is -2.21. The third-order valence-electron chi connectivity index (χ3n) is 2.11. The predicted octanol–water partition coefficient (Wildman–Crippen LogP) is 1.01. The molecule has 0 atom stereocenters. The van der Waals surface area contributed by atoms with Gasteiger partial charge in [-0.1, -0.05) is 25.8 Å². The second-order valence-electron chi connectivity index (χ2n) is 3.70. The first-order valence-corrected chi connectivity index (χ1v) is 5.24. The maximum Gasteiger partial charge on any atom is 0.333 e. The van der Waals surface area contributed by atoms with E-state index in [0.717, 1.165) is 10.4 Å². The fourth-order valence-electron chi connectivity index (χ4n) is 1.11. The van der Waals surface area contributed by atoms with Crippen molar-refractivity contribution in [3.8, 4) is 5.75 Å². The summed E-state index contributed by atoms with van der Waals surface area (Å²) >= 11 is 0. The molecule has 0 radical (unpaired) electrons. The molecule has 0 N–H and O–H groups in total. The van der Waals surface area contributed by atoms with E-state index in [2.05, 4.69) is 19.7 Å². The van der Waals surface area contributed by atoms with Crippen LogP contribution < -0.4 is 15.2 Å². The number of esters is 1. The van der Waals surface area contributed by atoms with Crippen molar-refractivity contribution >= 4 is 19.1 Å². The Balaban J connectivity index is 2.39. The van der Waals surface area contributed by atoms with Gasteiger partial charge in [-0.2, -0.15) is 0 Å². The Kier molecular flexibility index (Phi) is 4.52. The van der Waals surface area contributed by atoms with Crippen LogP contribution in [0.4, 0.5) is 0 Å². The fourth-order valence-corrected chi connectivity index (χ4v) is 1.11. The van der Waals surface area contributed by atoms with Crippen LogP contribution >= 0.6 is 0 Å². The van der Waals surface area contributed by atoms with E-state index < -0.39 is 5.97 Å². The van der Waals surface area contributed by atoms with E-state index in [1.807, 2.05) is 6.07 Å². The van der Waals surface area contributed by atoms with E-state index in [-0.39, 0.29) is 6.61 Å². The van der Waals surface area contributed by atoms with Crippen LogP contribution in [0.1, 0.15) is 6.92 Å². The van der Waals surface area contributed by atoms with Crippen molar-refractivity contribution in [1.29, 1.82) is 0 Å². The standard InChI is InChI=1S/C14H16O3/c1-10(2)14(15)17-8-7-16-13-6-5-11(3)12(4)9-13/h5-6,9H,1,3-4,7-8H2,2H3. The molecule has 0 fully saturated rings. The van der Waals surface area contributed by atoms with Crippen LogP contribution in [-0.4, -0.2) is 19.2 Å². The predicted molar refractivity (Wildman–Crippen MR) is 68.0 cm³/mol. The maximum atomic E-state index is 11.1. The molecule has 3 nitrogen and oxygen atoms in total. The lowest BCUT2D eigenvalue weighted by Gasteiger charge is -2.07. The smallest absolute Gasteiger partial charge is 0.333 e. The summed E-state index contributed by atoms with van der Waals surface area (Å²) in [4.78, 5) is 11.1. The highest BCUT2D eigenvalue weighted by molar-refractivity contribution is 5.86. The van der Waals surface area contributed by atoms with Gasteiger partial charge in [-0.3, -0.25) is 0 Å². The van der Waals surface area contributed by atoms with Crippen LogP contribution in [-0.2, 0) is 9.53 Å². The minimum absolute atomic E-state index is 0.199. The lowest BCUT2D eigenvalue weighted by molar-refractivity contribution is -0.139. The van der Waals surface area contributed by atoms with E-state index in [1.54, 1.807) is 19.1 Å². The van der Waals surface area contributed by atoms with Gasteiger partial charge in [0, 0.05) is 5.57 Å². The highest BCUT2D eigenvalue weighted by Crippen LogP contribution is 2.03. The number of carbonyl (C=O) groups is 1. The average molecular weight is 232 g/mol. The molecular formula is C14H16O3. The van der Waals surface area contributed by atoms with Gasteiger partial charge in [0.1, 0.15) is 19.0 Å². The molecule has 0 aliphatic carbocycles. The largest absolute Gasteiger partial charge is 0.490 e. The Morgan fingerprint density at radius 3 is 2.53 bits per heavy atom. The minimum atomic E-state index is -0.403. The van der Waals surface area contributed by atoms with Gasteiger partial charge in [0.25, 0.3) is 0 Å². The van der Waals surface area contributed by atoms with Gasteiger partial charge in [-0.15, -0.1) is 0 Å². The monoisotopic (exact) mass is 232 g/mol. The summed E-state index contributed by atoms with van der Waals surface area (Å²) in [7, 11) is 0. The zero-order valence-corrected chi connectivity index (χ0v) is 9.99. The second kappa shape index (κ2) is 5.89. The zero-order valence-electron chi connectivity index (χ0n) is 9.99. The van der Waals surface area contributed by atoms with Crippen LogP contribution in [0.25, 0.3) is 13.2 Å². The number of carbonyl (C=O) groups excluding carboxylic acids is 1. The van der Waals surface area contributed by atoms with Crippen LogP contribution in [0.15, 0.2) is 30.4 Å². The summed E-state index contributed by atoms with van der Waals surface area (Å²) in [5, 5.41) is 1.69. The zero-order chi connectivity index (χ0) is 12.8. The number of ether oxygens (including phenoxy) is 2. The first kappa shape index (κ1) is 13.0. The van der Waals surface area contributed by atoms with Crippen LogP contribution in [0, 0.1) is 0 Å². The number of rotatable bonds is 5. The molecule has 1 rings (SSSR count). The Hall–Kier alpha value is -2.03. The summed E-state index contributed by atoms with van der Waals surface area (Å²) in [6, 6.07) is 5.43. The molecule has 0 saturated carbocycles. The van der Waals surface area contributed by atoms with Gasteiger partial charge >= 0.3 is 5.97 Å².